The number of likely N-dealkylation sites (N-methyl/N-ethyl adjacent to an activating group) is 1. The van der Waals surface area contributed by atoms with E-state index in [0.29, 0.717) is 89.2 Å². The maximum Gasteiger partial charge on any atom is 0.416 e. The normalized spacial score (nSPS) is 18.6. The van der Waals surface area contributed by atoms with Crippen LogP contribution in [0.5, 0.6) is 28.7 Å². The van der Waals surface area contributed by atoms with Crippen LogP contribution in [0.4, 0.5) is 19.2 Å². The number of methoxy groups -OCH3 is 2. The van der Waals surface area contributed by atoms with Crippen LogP contribution in [0.25, 0.3) is 43.6 Å². The molecule has 4 aromatic heterocycles. The molecule has 4 saturated heterocycles. The number of fused-ring (bicyclic) bond motifs is 12. The van der Waals surface area contributed by atoms with Gasteiger partial charge in [0, 0.05) is 190 Å². The highest BCUT2D eigenvalue weighted by Crippen LogP contribution is 2.46. The predicted octanol–water partition coefficient (Wildman–Crippen LogP) is 21.9. The fourth-order valence-corrected chi connectivity index (χ4v) is 21.8. The van der Waals surface area contributed by atoms with E-state index in [0.717, 1.165) is 281 Å². The van der Waals surface area contributed by atoms with Crippen LogP contribution in [0, 0.1) is 5.92 Å². The smallest absolute Gasteiger partial charge is 0.416 e. The number of nitrogens with one attached hydrogen (secondary N) is 4. The molecule has 4 amide bonds. The van der Waals surface area contributed by atoms with Crippen LogP contribution in [0.3, 0.4) is 0 Å². The van der Waals surface area contributed by atoms with E-state index in [-0.39, 0.29) is 48.6 Å². The summed E-state index contributed by atoms with van der Waals surface area (Å²) in [5, 5.41) is 7.82. The number of aromatic amines is 4. The number of rotatable bonds is 24. The molecule has 144 heavy (non-hydrogen) atoms. The second-order valence-corrected chi connectivity index (χ2v) is 40.6. The molecular weight excluding hydrogens is 1930 g/mol. The number of nitrogens with zero attached hydrogens (tertiary/aromatic N) is 9. The van der Waals surface area contributed by atoms with Gasteiger partial charge in [-0.15, -0.1) is 0 Å². The van der Waals surface area contributed by atoms with Crippen molar-refractivity contribution in [1.82, 2.24) is 64.0 Å². The number of hydrogen-bond donors (Lipinski definition) is 4. The minimum atomic E-state index is -0.410. The lowest BCUT2D eigenvalue weighted by molar-refractivity contribution is 0.0357. The largest absolute Gasteiger partial charge is 0.494 e. The van der Waals surface area contributed by atoms with Crippen LogP contribution in [0.1, 0.15) is 137 Å². The third-order valence-corrected chi connectivity index (χ3v) is 29.8. The van der Waals surface area contributed by atoms with Gasteiger partial charge in [-0.2, -0.15) is 0 Å². The van der Waals surface area contributed by atoms with E-state index < -0.39 is 6.09 Å². The number of hydrogen-bond acceptors (Lipinski definition) is 19. The van der Waals surface area contributed by atoms with E-state index in [2.05, 4.69) is 58.5 Å². The molecule has 27 nitrogen and oxygen atoms in total. The molecule has 0 saturated carbocycles. The fraction of sp³-hybridized carbons (Fsp3) is 0.411. The molecule has 4 fully saturated rings. The average molecular weight is 2060 g/mol. The number of likely N-dealkylation sites (tertiary alicyclic amines) is 1. The Bertz CT molecular complexity index is 6520. The number of carbonyl (C=O) groups is 4. The van der Waals surface area contributed by atoms with Crippen molar-refractivity contribution in [1.29, 1.82) is 0 Å². The second kappa shape index (κ2) is 48.3. The first-order valence-corrected chi connectivity index (χ1v) is 52.2. The molecule has 21 rings (SSSR count). The van der Waals surface area contributed by atoms with Crippen molar-refractivity contribution in [2.24, 2.45) is 5.92 Å². The zero-order valence-corrected chi connectivity index (χ0v) is 86.4. The van der Waals surface area contributed by atoms with Crippen LogP contribution in [0.2, 0.25) is 25.1 Å². The molecule has 4 unspecified atom stereocenters. The molecule has 0 aliphatic carbocycles. The summed E-state index contributed by atoms with van der Waals surface area (Å²) in [7, 11) is 7.20. The third kappa shape index (κ3) is 24.9. The van der Waals surface area contributed by atoms with Crippen LogP contribution < -0.4 is 23.7 Å². The predicted molar refractivity (Wildman–Crippen MR) is 566 cm³/mol. The number of piperazine rings is 1. The number of halogens is 5. The Kier molecular flexibility index (Phi) is 34.4. The van der Waals surface area contributed by atoms with Crippen LogP contribution in [0.15, 0.2) is 194 Å². The Morgan fingerprint density at radius 3 is 0.958 bits per heavy atom. The zero-order valence-electron chi connectivity index (χ0n) is 82.6. The summed E-state index contributed by atoms with van der Waals surface area (Å²) in [5.74, 6) is 4.38. The van der Waals surface area contributed by atoms with Gasteiger partial charge in [-0.3, -0.25) is 29.4 Å². The molecule has 9 aromatic carbocycles. The zero-order chi connectivity index (χ0) is 99.9. The summed E-state index contributed by atoms with van der Waals surface area (Å²) >= 11 is 31.2. The first-order valence-electron chi connectivity index (χ1n) is 50.3. The lowest BCUT2D eigenvalue weighted by Gasteiger charge is -2.36. The highest BCUT2D eigenvalue weighted by atomic mass is 35.5. The van der Waals surface area contributed by atoms with Gasteiger partial charge < -0.3 is 82.0 Å². The molecule has 760 valence electrons. The molecule has 32 heteroatoms. The average Bonchev–Trinajstić information content (AvgIpc) is 1.61. The van der Waals surface area contributed by atoms with E-state index in [9.17, 15) is 19.2 Å². The summed E-state index contributed by atoms with van der Waals surface area (Å²) in [5.41, 5.74) is 16.9. The fourth-order valence-electron chi connectivity index (χ4n) is 21.0. The number of benzene rings is 9. The molecule has 4 N–H and O–H groups in total. The van der Waals surface area contributed by atoms with E-state index in [1.54, 1.807) is 39.0 Å². The van der Waals surface area contributed by atoms with E-state index in [1.165, 1.54) is 36.5 Å². The van der Waals surface area contributed by atoms with Gasteiger partial charge in [0.25, 0.3) is 0 Å². The van der Waals surface area contributed by atoms with E-state index in [4.69, 9.17) is 105 Å². The SMILES string of the molecule is CC(C)OC(=O)N1CCc2c([nH]c3ccc(Cl)cc23)C1c1ccc(OCCCN2CCOCC2)cc1.CN1CCC(COc2ccc(C3c4[nH]c5ccc(Cl)cc5c4CCN3C(=O)Oc3ccc(Cl)cc3)cc2)CC1.COC(=O)N1CCc2c([nH]c3ccc(Cl)cc23)C1c1ccc(OCCCN2CCN(C)CC2)cc1.COC(=O)N1CCc2c([nH]c3ccc(Cl)cc23)C1c1ccc(OCCCN2CCOCC2)cc1. The molecule has 13 aromatic rings. The first kappa shape index (κ1) is 103. The maximum absolute atomic E-state index is 13.5. The molecule has 4 atom stereocenters. The summed E-state index contributed by atoms with van der Waals surface area (Å²) in [6.07, 6.45) is 6.63. The number of ether oxygens (including phenoxy) is 10. The highest BCUT2D eigenvalue weighted by molar-refractivity contribution is 6.32. The van der Waals surface area contributed by atoms with Crippen LogP contribution in [-0.4, -0.2) is 287 Å². The van der Waals surface area contributed by atoms with Crippen molar-refractivity contribution in [3.63, 3.8) is 0 Å². The number of piperidine rings is 1. The van der Waals surface area contributed by atoms with Gasteiger partial charge in [0.1, 0.15) is 52.9 Å². The number of H-pyrrole nitrogens is 4. The lowest BCUT2D eigenvalue weighted by atomic mass is 9.92. The maximum atomic E-state index is 13.5. The first-order chi connectivity index (χ1) is 70.1. The van der Waals surface area contributed by atoms with Gasteiger partial charge in [0.05, 0.1) is 73.2 Å². The molecule has 0 radical (unpaired) electrons. The van der Waals surface area contributed by atoms with Crippen molar-refractivity contribution < 1.29 is 66.5 Å². The monoisotopic (exact) mass is 2050 g/mol. The van der Waals surface area contributed by atoms with Gasteiger partial charge in [-0.1, -0.05) is 107 Å². The molecular formula is C112H128Cl5N13O14. The Balaban J connectivity index is 0.000000126. The number of amides is 4. The molecule has 0 bridgehead atoms. The summed E-state index contributed by atoms with van der Waals surface area (Å²) in [6, 6.07) is 61.4. The Labute approximate surface area is 866 Å². The lowest BCUT2D eigenvalue weighted by Crippen LogP contribution is -2.44. The van der Waals surface area contributed by atoms with Crippen molar-refractivity contribution in [3.05, 3.63) is 287 Å². The van der Waals surface area contributed by atoms with Gasteiger partial charge >= 0.3 is 24.4 Å². The summed E-state index contributed by atoms with van der Waals surface area (Å²) < 4.78 is 56.6. The summed E-state index contributed by atoms with van der Waals surface area (Å²) in [6.45, 7) is 25.8. The molecule has 8 aliphatic heterocycles. The number of carbonyl (C=O) groups excluding carboxylic acids is 4. The molecule has 8 aliphatic rings. The number of aromatic nitrogens is 4. The van der Waals surface area contributed by atoms with Crippen molar-refractivity contribution in [2.75, 3.05) is 192 Å². The highest BCUT2D eigenvalue weighted by Gasteiger charge is 2.41. The standard InChI is InChI=1S/C31H31Cl2N3O3.C28H34ClN3O4.C27H33ClN4O3.C26H30ClN3O4/c1-35-15-12-20(13-16-35)19-38-24-7-2-21(3-8-24)30-29-26(27-18-23(33)6-11-28(27)34-29)14-17-36(30)31(37)39-25-9-4-22(32)5-10-25;1-19(2)36-28(33)32-12-10-23-24-18-21(29)6-9-25(24)30-26(23)27(32)20-4-7-22(8-5-20)35-15-3-11-31-13-16-34-17-14-31;1-30-13-15-31(16-14-30)11-3-17-35-21-7-4-19(5-8-21)26-25-22(10-12-32(26)27(33)34-2)23-18-20(28)6-9-24(23)29-25;1-32-26(31)30-11-9-21-22-17-19(27)5-8-23(22)28-24(21)25(30)18-3-6-20(7-4-18)34-14-2-10-29-12-15-33-16-13-29/h2-11,18,20,30,34H,12-17,19H2,1H3;4-9,18-19,27,30H,3,10-17H2,1-2H3;4-9,18,26,29H,3,10-17H2,1-2H3;3-8,17,25,28H,2,9-16H2,1H3. The van der Waals surface area contributed by atoms with Gasteiger partial charge in [-0.05, 0) is 295 Å². The van der Waals surface area contributed by atoms with Gasteiger partial charge in [0.15, 0.2) is 0 Å². The third-order valence-electron chi connectivity index (χ3n) is 28.6. The van der Waals surface area contributed by atoms with Crippen molar-refractivity contribution >= 4 is 126 Å². The van der Waals surface area contributed by atoms with Crippen LogP contribution in [-0.2, 0) is 49.4 Å². The minimum absolute atomic E-state index is 0.186. The van der Waals surface area contributed by atoms with Gasteiger partial charge in [0.2, 0.25) is 0 Å². The van der Waals surface area contributed by atoms with Crippen LogP contribution >= 0.6 is 58.0 Å². The van der Waals surface area contributed by atoms with Crippen molar-refractivity contribution in [3.8, 4) is 28.7 Å². The topological polar surface area (TPSA) is 253 Å². The Hall–Kier alpha value is -11.4. The van der Waals surface area contributed by atoms with Gasteiger partial charge in [-0.25, -0.2) is 19.2 Å². The quantitative estimate of drug-likeness (QED) is 0.0324. The molecule has 12 heterocycles. The van der Waals surface area contributed by atoms with E-state index >= 15 is 0 Å². The summed E-state index contributed by atoms with van der Waals surface area (Å²) in [4.78, 5) is 85.3. The minimum Gasteiger partial charge on any atom is -0.494 e. The second-order valence-electron chi connectivity index (χ2n) is 38.4. The Morgan fingerprint density at radius 2 is 0.632 bits per heavy atom. The molecule has 0 spiro atoms. The Morgan fingerprint density at radius 1 is 0.340 bits per heavy atom. The van der Waals surface area contributed by atoms with E-state index in [1.807, 2.05) is 189 Å². The number of morpholine rings is 2. The van der Waals surface area contributed by atoms with Crippen molar-refractivity contribution in [2.45, 2.75) is 102 Å².